The molecular formula is C16H16FN3OS2. The highest BCUT2D eigenvalue weighted by molar-refractivity contribution is 8.00. The molecule has 0 fully saturated rings. The standard InChI is InChI=1S/C16H16FN3OS2/c17-12-7-5-11(6-8-12)9-19-16(22)20-13-3-1-2-4-14(13)23-10-15(18)21/h1-8H,9-10H2,(H2,18,21)(H2,19,20,22). The van der Waals surface area contributed by atoms with Gasteiger partial charge in [0.15, 0.2) is 5.11 Å². The first-order valence-electron chi connectivity index (χ1n) is 6.84. The lowest BCUT2D eigenvalue weighted by Crippen LogP contribution is -2.28. The quantitative estimate of drug-likeness (QED) is 0.553. The molecule has 0 spiro atoms. The van der Waals surface area contributed by atoms with Gasteiger partial charge in [0.05, 0.1) is 11.4 Å². The van der Waals surface area contributed by atoms with Gasteiger partial charge in [-0.2, -0.15) is 0 Å². The number of benzene rings is 2. The third kappa shape index (κ3) is 5.88. The predicted octanol–water partition coefficient (Wildman–Crippen LogP) is 2.89. The van der Waals surface area contributed by atoms with E-state index >= 15 is 0 Å². The molecule has 0 radical (unpaired) electrons. The summed E-state index contributed by atoms with van der Waals surface area (Å²) in [5, 5.41) is 6.59. The van der Waals surface area contributed by atoms with Crippen LogP contribution in [0.4, 0.5) is 10.1 Å². The summed E-state index contributed by atoms with van der Waals surface area (Å²) in [6.45, 7) is 0.489. The summed E-state index contributed by atoms with van der Waals surface area (Å²) in [5.74, 6) is -0.439. The van der Waals surface area contributed by atoms with Gasteiger partial charge >= 0.3 is 0 Å². The third-order valence-electron chi connectivity index (χ3n) is 2.87. The van der Waals surface area contributed by atoms with E-state index in [9.17, 15) is 9.18 Å². The fourth-order valence-corrected chi connectivity index (χ4v) is 2.73. The number of anilines is 1. The number of nitrogens with two attached hydrogens (primary N) is 1. The van der Waals surface area contributed by atoms with E-state index in [0.717, 1.165) is 16.1 Å². The van der Waals surface area contributed by atoms with Gasteiger partial charge in [-0.3, -0.25) is 4.79 Å². The molecule has 7 heteroatoms. The molecule has 23 heavy (non-hydrogen) atoms. The smallest absolute Gasteiger partial charge is 0.227 e. The van der Waals surface area contributed by atoms with E-state index in [1.165, 1.54) is 23.9 Å². The summed E-state index contributed by atoms with van der Waals surface area (Å²) in [6, 6.07) is 13.7. The Morgan fingerprint density at radius 1 is 1.17 bits per heavy atom. The van der Waals surface area contributed by atoms with Crippen LogP contribution in [0.15, 0.2) is 53.4 Å². The van der Waals surface area contributed by atoms with E-state index in [2.05, 4.69) is 10.6 Å². The fraction of sp³-hybridized carbons (Fsp3) is 0.125. The molecule has 0 saturated carbocycles. The van der Waals surface area contributed by atoms with E-state index < -0.39 is 0 Å². The second-order valence-corrected chi connectivity index (χ2v) is 6.11. The SMILES string of the molecule is NC(=O)CSc1ccccc1NC(=S)NCc1ccc(F)cc1. The van der Waals surface area contributed by atoms with E-state index in [1.54, 1.807) is 12.1 Å². The van der Waals surface area contributed by atoms with Crippen LogP contribution < -0.4 is 16.4 Å². The second kappa shape index (κ2) is 8.50. The van der Waals surface area contributed by atoms with Gasteiger partial charge < -0.3 is 16.4 Å². The van der Waals surface area contributed by atoms with Crippen LogP contribution in [0, 0.1) is 5.82 Å². The van der Waals surface area contributed by atoms with Gasteiger partial charge in [0, 0.05) is 11.4 Å². The lowest BCUT2D eigenvalue weighted by molar-refractivity contribution is -0.115. The monoisotopic (exact) mass is 349 g/mol. The number of para-hydroxylation sites is 1. The number of primary amides is 1. The number of rotatable bonds is 6. The van der Waals surface area contributed by atoms with E-state index in [-0.39, 0.29) is 17.5 Å². The number of carbonyl (C=O) groups excluding carboxylic acids is 1. The van der Waals surface area contributed by atoms with Gasteiger partial charge in [0.2, 0.25) is 5.91 Å². The van der Waals surface area contributed by atoms with E-state index in [1.807, 2.05) is 24.3 Å². The maximum atomic E-state index is 12.9. The summed E-state index contributed by atoms with van der Waals surface area (Å²) in [6.07, 6.45) is 0. The molecule has 4 nitrogen and oxygen atoms in total. The number of carbonyl (C=O) groups is 1. The highest BCUT2D eigenvalue weighted by Crippen LogP contribution is 2.26. The van der Waals surface area contributed by atoms with Crippen LogP contribution in [-0.4, -0.2) is 16.8 Å². The van der Waals surface area contributed by atoms with Crippen LogP contribution in [0.2, 0.25) is 0 Å². The van der Waals surface area contributed by atoms with Crippen LogP contribution in [-0.2, 0) is 11.3 Å². The zero-order valence-electron chi connectivity index (χ0n) is 12.2. The summed E-state index contributed by atoms with van der Waals surface area (Å²) < 4.78 is 12.9. The molecule has 120 valence electrons. The first kappa shape index (κ1) is 17.2. The molecule has 2 aromatic carbocycles. The largest absolute Gasteiger partial charge is 0.369 e. The first-order chi connectivity index (χ1) is 11.0. The zero-order valence-corrected chi connectivity index (χ0v) is 13.8. The summed E-state index contributed by atoms with van der Waals surface area (Å²) in [7, 11) is 0. The van der Waals surface area contributed by atoms with Crippen molar-refractivity contribution in [3.63, 3.8) is 0 Å². The molecule has 0 aliphatic carbocycles. The van der Waals surface area contributed by atoms with Gasteiger partial charge in [0.25, 0.3) is 0 Å². The van der Waals surface area contributed by atoms with Crippen LogP contribution in [0.25, 0.3) is 0 Å². The summed E-state index contributed by atoms with van der Waals surface area (Å²) in [5.41, 5.74) is 6.89. The molecule has 0 unspecified atom stereocenters. The number of halogens is 1. The van der Waals surface area contributed by atoms with Crippen molar-refractivity contribution in [1.29, 1.82) is 0 Å². The minimum absolute atomic E-state index is 0.203. The Kier molecular flexibility index (Phi) is 6.37. The van der Waals surface area contributed by atoms with Gasteiger partial charge in [0.1, 0.15) is 5.82 Å². The molecule has 0 heterocycles. The predicted molar refractivity (Wildman–Crippen MR) is 95.8 cm³/mol. The lowest BCUT2D eigenvalue weighted by Gasteiger charge is -2.13. The molecule has 0 aromatic heterocycles. The fourth-order valence-electron chi connectivity index (χ4n) is 1.80. The summed E-state index contributed by atoms with van der Waals surface area (Å²) in [4.78, 5) is 11.8. The molecule has 0 aliphatic rings. The minimum Gasteiger partial charge on any atom is -0.369 e. The highest BCUT2D eigenvalue weighted by atomic mass is 32.2. The maximum absolute atomic E-state index is 12.9. The van der Waals surface area contributed by atoms with Gasteiger partial charge in [-0.1, -0.05) is 24.3 Å². The van der Waals surface area contributed by atoms with Crippen LogP contribution in [0.1, 0.15) is 5.56 Å². The Balaban J connectivity index is 1.92. The minimum atomic E-state index is -0.373. The van der Waals surface area contributed by atoms with Crippen molar-refractivity contribution in [3.05, 3.63) is 59.9 Å². The number of hydrogen-bond acceptors (Lipinski definition) is 3. The Morgan fingerprint density at radius 2 is 1.87 bits per heavy atom. The van der Waals surface area contributed by atoms with Crippen molar-refractivity contribution in [1.82, 2.24) is 5.32 Å². The average molecular weight is 349 g/mol. The Bertz CT molecular complexity index is 692. The van der Waals surface area contributed by atoms with Crippen molar-refractivity contribution < 1.29 is 9.18 Å². The Morgan fingerprint density at radius 3 is 2.57 bits per heavy atom. The van der Waals surface area contributed by atoms with Crippen LogP contribution in [0.3, 0.4) is 0 Å². The summed E-state index contributed by atoms with van der Waals surface area (Å²) >= 11 is 6.61. The number of hydrogen-bond donors (Lipinski definition) is 3. The first-order valence-corrected chi connectivity index (χ1v) is 8.23. The Hall–Kier alpha value is -2.12. The van der Waals surface area contributed by atoms with Crippen LogP contribution in [0.5, 0.6) is 0 Å². The maximum Gasteiger partial charge on any atom is 0.227 e. The molecular weight excluding hydrogens is 333 g/mol. The molecule has 4 N–H and O–H groups in total. The van der Waals surface area contributed by atoms with Crippen molar-refractivity contribution >= 4 is 40.7 Å². The van der Waals surface area contributed by atoms with Crippen molar-refractivity contribution in [2.24, 2.45) is 5.73 Å². The van der Waals surface area contributed by atoms with Crippen molar-refractivity contribution in [2.45, 2.75) is 11.4 Å². The third-order valence-corrected chi connectivity index (χ3v) is 4.21. The van der Waals surface area contributed by atoms with Gasteiger partial charge in [-0.15, -0.1) is 11.8 Å². The molecule has 0 atom stereocenters. The number of amides is 1. The van der Waals surface area contributed by atoms with Crippen LogP contribution >= 0.6 is 24.0 Å². The molecule has 1 amide bonds. The highest BCUT2D eigenvalue weighted by Gasteiger charge is 2.06. The number of thiocarbonyl (C=S) groups is 1. The van der Waals surface area contributed by atoms with Crippen molar-refractivity contribution in [2.75, 3.05) is 11.1 Å². The molecule has 0 aliphatic heterocycles. The van der Waals surface area contributed by atoms with Gasteiger partial charge in [-0.25, -0.2) is 4.39 Å². The topological polar surface area (TPSA) is 67.2 Å². The number of nitrogens with one attached hydrogen (secondary N) is 2. The van der Waals surface area contributed by atoms with Crippen molar-refractivity contribution in [3.8, 4) is 0 Å². The second-order valence-electron chi connectivity index (χ2n) is 4.69. The van der Waals surface area contributed by atoms with Gasteiger partial charge in [-0.05, 0) is 42.0 Å². The molecule has 2 aromatic rings. The van der Waals surface area contributed by atoms with E-state index in [0.29, 0.717) is 11.7 Å². The average Bonchev–Trinajstić information content (AvgIpc) is 2.53. The number of thioether (sulfide) groups is 1. The van der Waals surface area contributed by atoms with E-state index in [4.69, 9.17) is 18.0 Å². The molecule has 0 saturated heterocycles. The lowest BCUT2D eigenvalue weighted by atomic mass is 10.2. The Labute approximate surface area is 143 Å². The zero-order chi connectivity index (χ0) is 16.7. The molecule has 2 rings (SSSR count). The molecule has 0 bridgehead atoms. The normalized spacial score (nSPS) is 10.1.